The molecule has 0 bridgehead atoms. The minimum absolute atomic E-state index is 0.152. The van der Waals surface area contributed by atoms with E-state index >= 15 is 0 Å². The van der Waals surface area contributed by atoms with Gasteiger partial charge in [0.1, 0.15) is 47.6 Å². The van der Waals surface area contributed by atoms with Gasteiger partial charge in [0, 0.05) is 6.61 Å². The fraction of sp³-hybridized carbons (Fsp3) is 0.696. The summed E-state index contributed by atoms with van der Waals surface area (Å²) in [6.45, 7) is 8.22. The third-order valence-corrected chi connectivity index (χ3v) is 13.2. The molecule has 0 radical (unpaired) electrons. The van der Waals surface area contributed by atoms with Gasteiger partial charge >= 0.3 is 7.82 Å². The number of nitrogens with two attached hydrogens (primary N) is 1. The molecule has 7 atom stereocenters. The minimum atomic E-state index is -4.69. The van der Waals surface area contributed by atoms with Gasteiger partial charge in [-0.1, -0.05) is 115 Å². The van der Waals surface area contributed by atoms with Gasteiger partial charge in [-0.05, 0) is 57.0 Å². The van der Waals surface area contributed by atoms with Crippen LogP contribution in [0, 0.1) is 12.3 Å². The highest BCUT2D eigenvalue weighted by Crippen LogP contribution is 2.74. The normalized spacial score (nSPS) is 25.2. The highest BCUT2D eigenvalue weighted by molar-refractivity contribution is 7.47. The minimum Gasteiger partial charge on any atom is -0.495 e. The number of nitrogens with zero attached hydrogens (tertiary/aromatic N) is 3. The molecule has 2 saturated heterocycles. The van der Waals surface area contributed by atoms with Crippen molar-refractivity contribution in [2.75, 3.05) is 32.7 Å². The van der Waals surface area contributed by atoms with Crippen LogP contribution >= 0.6 is 7.82 Å². The van der Waals surface area contributed by atoms with Crippen molar-refractivity contribution >= 4 is 19.2 Å². The Kier molecular flexibility index (Phi) is 16.7. The number of methoxy groups -OCH3 is 1. The summed E-state index contributed by atoms with van der Waals surface area (Å²) in [5.41, 5.74) is 6.45. The maximum absolute atomic E-state index is 13.7. The van der Waals surface area contributed by atoms with Crippen LogP contribution in [0.15, 0.2) is 36.7 Å². The van der Waals surface area contributed by atoms with Crippen molar-refractivity contribution in [3.63, 3.8) is 0 Å². The standard InChI is InChI=1S/C46H69N4O10P/c1-7-9-10-11-12-13-14-15-16-17-18-19-20-21-22-23-28-54-31-36(55-30-34-24-27-39(53-6)35(8-2)29-34)32-56-61(51,52)59-43-45(5)46(43)41(58-44(3,4)60-46)40(57-45)37-25-26-38-42(47)48-33-49-50(37)38/h2,24-27,29,33,36,40-41,43H,7,9-23,28,30-32H2,1,3-6H3,(H,51,52)(H2,47,48,49)/t36?,40-,41-,43?,45+,46+/m0/s1. The van der Waals surface area contributed by atoms with E-state index in [2.05, 4.69) is 22.9 Å². The second-order valence-electron chi connectivity index (χ2n) is 17.4. The molecule has 3 aromatic rings. The Morgan fingerprint density at radius 2 is 1.59 bits per heavy atom. The summed E-state index contributed by atoms with van der Waals surface area (Å²) in [5, 5.41) is 4.37. The topological polar surface area (TPSA) is 167 Å². The molecule has 3 fully saturated rings. The van der Waals surface area contributed by atoms with E-state index in [-0.39, 0.29) is 19.8 Å². The first-order chi connectivity index (χ1) is 29.4. The molecule has 1 aromatic carbocycles. The summed E-state index contributed by atoms with van der Waals surface area (Å²) in [6.07, 6.45) is 24.8. The second kappa shape index (κ2) is 21.5. The summed E-state index contributed by atoms with van der Waals surface area (Å²) in [6, 6.07) is 9.11. The molecule has 2 aromatic heterocycles. The van der Waals surface area contributed by atoms with Crippen LogP contribution in [0.2, 0.25) is 0 Å². The quantitative estimate of drug-likeness (QED) is 0.0385. The Hall–Kier alpha value is -3.09. The Labute approximate surface area is 362 Å². The predicted molar refractivity (Wildman–Crippen MR) is 233 cm³/mol. The van der Waals surface area contributed by atoms with E-state index in [9.17, 15) is 9.46 Å². The van der Waals surface area contributed by atoms with Gasteiger partial charge in [-0.3, -0.25) is 9.05 Å². The molecule has 6 rings (SSSR count). The zero-order valence-corrected chi connectivity index (χ0v) is 37.9. The molecule has 14 nitrogen and oxygen atoms in total. The number of fused-ring (bicyclic) bond motifs is 1. The third kappa shape index (κ3) is 11.5. The summed E-state index contributed by atoms with van der Waals surface area (Å²) in [7, 11) is -3.13. The van der Waals surface area contributed by atoms with Gasteiger partial charge in [0.05, 0.1) is 38.2 Å². The first-order valence-electron chi connectivity index (χ1n) is 22.5. The average molecular weight is 869 g/mol. The van der Waals surface area contributed by atoms with Crippen LogP contribution in [0.5, 0.6) is 5.75 Å². The van der Waals surface area contributed by atoms with E-state index < -0.39 is 49.2 Å². The molecule has 2 aliphatic heterocycles. The molecular weight excluding hydrogens is 799 g/mol. The van der Waals surface area contributed by atoms with Crippen molar-refractivity contribution in [2.45, 2.75) is 178 Å². The second-order valence-corrected chi connectivity index (χ2v) is 18.8. The van der Waals surface area contributed by atoms with E-state index in [4.69, 9.17) is 49.6 Å². The SMILES string of the molecule is C#Cc1cc(COC(COCCCCCCCCCCCCCCCCCC)COP(=O)(O)OC2[C@@]3(C)O[C@@H](c4ccc5c(N)ncnn45)[C@@H]4OC(C)(C)O[C@@]243)ccc1OC. The van der Waals surface area contributed by atoms with Crippen molar-refractivity contribution < 1.29 is 46.9 Å². The number of anilines is 1. The molecule has 1 saturated carbocycles. The van der Waals surface area contributed by atoms with Gasteiger partial charge in [-0.25, -0.2) is 14.1 Å². The fourth-order valence-electron chi connectivity index (χ4n) is 8.99. The van der Waals surface area contributed by atoms with Gasteiger partial charge < -0.3 is 39.0 Å². The molecule has 1 aliphatic carbocycles. The number of terminal acetylenes is 1. The lowest BCUT2D eigenvalue weighted by Crippen LogP contribution is -2.33. The number of hydrogen-bond donors (Lipinski definition) is 2. The largest absolute Gasteiger partial charge is 0.495 e. The van der Waals surface area contributed by atoms with Gasteiger partial charge in [-0.2, -0.15) is 5.10 Å². The zero-order chi connectivity index (χ0) is 43.5. The number of rotatable bonds is 29. The fourth-order valence-corrected chi connectivity index (χ4v) is 10.0. The third-order valence-electron chi connectivity index (χ3n) is 12.3. The van der Waals surface area contributed by atoms with E-state index in [1.807, 2.05) is 24.3 Å². The molecule has 338 valence electrons. The van der Waals surface area contributed by atoms with Crippen molar-refractivity contribution in [1.29, 1.82) is 0 Å². The van der Waals surface area contributed by atoms with Crippen molar-refractivity contribution in [2.24, 2.45) is 0 Å². The maximum Gasteiger partial charge on any atom is 0.472 e. The lowest BCUT2D eigenvalue weighted by Gasteiger charge is -2.25. The Balaban J connectivity index is 0.967. The van der Waals surface area contributed by atoms with Crippen LogP contribution in [0.4, 0.5) is 5.82 Å². The summed E-state index contributed by atoms with van der Waals surface area (Å²) in [5.74, 6) is 2.51. The van der Waals surface area contributed by atoms with Crippen LogP contribution in [-0.2, 0) is 43.9 Å². The number of phosphoric ester groups is 1. The van der Waals surface area contributed by atoms with Crippen molar-refractivity contribution in [3.8, 4) is 18.1 Å². The van der Waals surface area contributed by atoms with Crippen molar-refractivity contribution in [1.82, 2.24) is 14.6 Å². The van der Waals surface area contributed by atoms with Gasteiger partial charge in [-0.15, -0.1) is 6.42 Å². The number of benzene rings is 1. The molecule has 3 unspecified atom stereocenters. The van der Waals surface area contributed by atoms with Crippen LogP contribution in [0.25, 0.3) is 5.52 Å². The predicted octanol–water partition coefficient (Wildman–Crippen LogP) is 9.40. The van der Waals surface area contributed by atoms with Crippen LogP contribution in [0.3, 0.4) is 0 Å². The maximum atomic E-state index is 13.7. The highest BCUT2D eigenvalue weighted by Gasteiger charge is 2.92. The summed E-state index contributed by atoms with van der Waals surface area (Å²) in [4.78, 5) is 15.2. The lowest BCUT2D eigenvalue weighted by atomic mass is 10.0. The number of unbranched alkanes of at least 4 members (excludes halogenated alkanes) is 15. The van der Waals surface area contributed by atoms with Crippen LogP contribution in [0.1, 0.15) is 153 Å². The van der Waals surface area contributed by atoms with E-state index in [1.54, 1.807) is 38.5 Å². The molecule has 0 amide bonds. The molecule has 4 heterocycles. The van der Waals surface area contributed by atoms with Gasteiger partial charge in [0.15, 0.2) is 17.2 Å². The lowest BCUT2D eigenvalue weighted by molar-refractivity contribution is -0.186. The van der Waals surface area contributed by atoms with Crippen molar-refractivity contribution in [3.05, 3.63) is 53.5 Å². The van der Waals surface area contributed by atoms with E-state index in [0.717, 1.165) is 18.4 Å². The molecular formula is C46H69N4O10P. The van der Waals surface area contributed by atoms with Crippen LogP contribution < -0.4 is 10.5 Å². The molecule has 1 spiro atoms. The number of nitrogen functional groups attached to an aromatic ring is 1. The number of hydrogen-bond acceptors (Lipinski definition) is 12. The van der Waals surface area contributed by atoms with E-state index in [1.165, 1.54) is 96.2 Å². The summed E-state index contributed by atoms with van der Waals surface area (Å²) < 4.78 is 63.8. The Morgan fingerprint density at radius 1 is 0.934 bits per heavy atom. The van der Waals surface area contributed by atoms with Crippen LogP contribution in [-0.4, -0.2) is 81.7 Å². The molecule has 3 aliphatic rings. The summed E-state index contributed by atoms with van der Waals surface area (Å²) >= 11 is 0. The zero-order valence-electron chi connectivity index (χ0n) is 37.0. The smallest absolute Gasteiger partial charge is 0.472 e. The van der Waals surface area contributed by atoms with Gasteiger partial charge in [0.25, 0.3) is 0 Å². The molecule has 15 heteroatoms. The number of phosphoric acid groups is 1. The Morgan fingerprint density at radius 3 is 2.23 bits per heavy atom. The Bertz CT molecular complexity index is 1950. The number of ether oxygens (including phenoxy) is 6. The number of aromatic nitrogens is 3. The first-order valence-corrected chi connectivity index (χ1v) is 24.0. The molecule has 61 heavy (non-hydrogen) atoms. The average Bonchev–Trinajstić information content (AvgIpc) is 3.62. The van der Waals surface area contributed by atoms with E-state index in [0.29, 0.717) is 34.9 Å². The highest BCUT2D eigenvalue weighted by atomic mass is 31.2. The molecule has 3 N–H and O–H groups in total. The first kappa shape index (κ1) is 47.4. The monoisotopic (exact) mass is 868 g/mol. The van der Waals surface area contributed by atoms with Gasteiger partial charge in [0.2, 0.25) is 0 Å².